The van der Waals surface area contributed by atoms with Crippen molar-refractivity contribution in [2.45, 2.75) is 43.9 Å². The molecule has 2 saturated heterocycles. The Labute approximate surface area is 217 Å². The van der Waals surface area contributed by atoms with Crippen LogP contribution in [-0.4, -0.2) is 52.6 Å². The number of hydrogen-bond acceptors (Lipinski definition) is 6. The number of rotatable bonds is 5. The molecule has 2 aliphatic heterocycles. The third kappa shape index (κ3) is 5.70. The summed E-state index contributed by atoms with van der Waals surface area (Å²) in [4.78, 5) is 28.0. The second-order valence-electron chi connectivity index (χ2n) is 9.27. The van der Waals surface area contributed by atoms with Crippen molar-refractivity contribution in [1.82, 2.24) is 25.6 Å². The lowest BCUT2D eigenvalue weighted by atomic mass is 10.0. The predicted octanol–water partition coefficient (Wildman–Crippen LogP) is 4.71. The fraction of sp³-hybridized carbons (Fsp3) is 0.385. The van der Waals surface area contributed by atoms with Gasteiger partial charge in [-0.15, -0.1) is 0 Å². The van der Waals surface area contributed by atoms with Gasteiger partial charge in [-0.05, 0) is 50.4 Å². The van der Waals surface area contributed by atoms with E-state index in [9.17, 15) is 18.0 Å². The van der Waals surface area contributed by atoms with Gasteiger partial charge < -0.3 is 15.5 Å². The monoisotopic (exact) mass is 530 g/mol. The first-order valence-electron chi connectivity index (χ1n) is 12.2. The van der Waals surface area contributed by atoms with E-state index >= 15 is 0 Å². The van der Waals surface area contributed by atoms with Crippen LogP contribution in [0.2, 0.25) is 5.02 Å². The lowest BCUT2D eigenvalue weighted by molar-refractivity contribution is -0.137. The van der Waals surface area contributed by atoms with Gasteiger partial charge in [-0.1, -0.05) is 23.7 Å². The number of piperidine rings is 1. The van der Waals surface area contributed by atoms with Gasteiger partial charge in [-0.3, -0.25) is 14.8 Å². The van der Waals surface area contributed by atoms with Gasteiger partial charge in [-0.2, -0.15) is 13.2 Å². The maximum Gasteiger partial charge on any atom is 0.416 e. The van der Waals surface area contributed by atoms with Crippen molar-refractivity contribution in [2.24, 2.45) is 0 Å². The van der Waals surface area contributed by atoms with Crippen LogP contribution >= 0.6 is 11.6 Å². The highest BCUT2D eigenvalue weighted by atomic mass is 35.5. The molecule has 0 saturated carbocycles. The van der Waals surface area contributed by atoms with E-state index < -0.39 is 11.7 Å². The smallest absolute Gasteiger partial charge is 0.355 e. The zero-order chi connectivity index (χ0) is 26.0. The Balaban J connectivity index is 1.38. The molecule has 194 valence electrons. The van der Waals surface area contributed by atoms with Gasteiger partial charge in [0.15, 0.2) is 0 Å². The summed E-state index contributed by atoms with van der Waals surface area (Å²) in [7, 11) is 0. The second-order valence-corrected chi connectivity index (χ2v) is 9.68. The van der Waals surface area contributed by atoms with Gasteiger partial charge in [-0.25, -0.2) is 4.98 Å². The molecule has 1 aromatic carbocycles. The minimum Gasteiger partial charge on any atom is -0.355 e. The quantitative estimate of drug-likeness (QED) is 0.497. The molecule has 0 bridgehead atoms. The van der Waals surface area contributed by atoms with Crippen LogP contribution in [0.5, 0.6) is 0 Å². The summed E-state index contributed by atoms with van der Waals surface area (Å²) < 4.78 is 39.2. The lowest BCUT2D eigenvalue weighted by Gasteiger charge is -2.33. The fourth-order valence-corrected chi connectivity index (χ4v) is 4.99. The number of benzene rings is 1. The number of carbonyl (C=O) groups excluding carboxylic acids is 1. The van der Waals surface area contributed by atoms with Crippen LogP contribution in [0.1, 0.15) is 31.2 Å². The van der Waals surface area contributed by atoms with E-state index in [2.05, 4.69) is 25.5 Å². The number of carbonyl (C=O) groups is 1. The van der Waals surface area contributed by atoms with Crippen LogP contribution in [0.15, 0.2) is 48.9 Å². The predicted molar refractivity (Wildman–Crippen MR) is 135 cm³/mol. The van der Waals surface area contributed by atoms with Crippen molar-refractivity contribution in [2.75, 3.05) is 24.5 Å². The van der Waals surface area contributed by atoms with E-state index in [1.54, 1.807) is 18.5 Å². The van der Waals surface area contributed by atoms with Crippen LogP contribution in [-0.2, 0) is 11.0 Å². The SMILES string of the molecule is O=C(NC1CCN(c2cnc(-c3ccc(C(F)(F)F)cc3)c(-c3ccncc3Cl)n2)CC1)[C@@H]1CCCN1. The summed E-state index contributed by atoms with van der Waals surface area (Å²) in [5, 5.41) is 6.74. The minimum absolute atomic E-state index is 0.0613. The summed E-state index contributed by atoms with van der Waals surface area (Å²) in [6, 6.07) is 6.54. The Hall–Kier alpha value is -3.24. The normalized spacial score (nSPS) is 18.7. The van der Waals surface area contributed by atoms with Gasteiger partial charge in [0.1, 0.15) is 11.5 Å². The number of alkyl halides is 3. The highest BCUT2D eigenvalue weighted by Gasteiger charge is 2.31. The molecule has 37 heavy (non-hydrogen) atoms. The maximum atomic E-state index is 13.1. The summed E-state index contributed by atoms with van der Waals surface area (Å²) >= 11 is 6.42. The van der Waals surface area contributed by atoms with E-state index in [4.69, 9.17) is 16.6 Å². The van der Waals surface area contributed by atoms with Crippen molar-refractivity contribution in [3.63, 3.8) is 0 Å². The first kappa shape index (κ1) is 25.4. The zero-order valence-corrected chi connectivity index (χ0v) is 20.7. The van der Waals surface area contributed by atoms with Crippen molar-refractivity contribution < 1.29 is 18.0 Å². The molecule has 1 atom stereocenters. The molecule has 11 heteroatoms. The number of pyridine rings is 1. The van der Waals surface area contributed by atoms with Crippen LogP contribution in [0, 0.1) is 0 Å². The third-order valence-electron chi connectivity index (χ3n) is 6.82. The maximum absolute atomic E-state index is 13.1. The Morgan fingerprint density at radius 1 is 1.05 bits per heavy atom. The van der Waals surface area contributed by atoms with Crippen molar-refractivity contribution in [3.8, 4) is 22.5 Å². The van der Waals surface area contributed by atoms with E-state index in [1.807, 2.05) is 0 Å². The van der Waals surface area contributed by atoms with E-state index in [0.717, 1.165) is 44.4 Å². The number of nitrogens with one attached hydrogen (secondary N) is 2. The van der Waals surface area contributed by atoms with Gasteiger partial charge in [0.05, 0.1) is 28.5 Å². The average molecular weight is 531 g/mol. The molecule has 2 fully saturated rings. The third-order valence-corrected chi connectivity index (χ3v) is 7.12. The summed E-state index contributed by atoms with van der Waals surface area (Å²) in [6.07, 6.45) is 3.71. The van der Waals surface area contributed by atoms with Gasteiger partial charge in [0.2, 0.25) is 5.91 Å². The first-order chi connectivity index (χ1) is 17.8. The molecule has 0 radical (unpaired) electrons. The molecule has 2 aromatic heterocycles. The Morgan fingerprint density at radius 2 is 1.81 bits per heavy atom. The van der Waals surface area contributed by atoms with Gasteiger partial charge in [0, 0.05) is 42.7 Å². The molecular formula is C26H26ClF3N6O. The fourth-order valence-electron chi connectivity index (χ4n) is 4.78. The molecule has 1 amide bonds. The van der Waals surface area contributed by atoms with Crippen molar-refractivity contribution in [3.05, 3.63) is 59.5 Å². The topological polar surface area (TPSA) is 83.0 Å². The summed E-state index contributed by atoms with van der Waals surface area (Å²) in [5.74, 6) is 0.701. The molecule has 0 spiro atoms. The molecule has 3 aromatic rings. The summed E-state index contributed by atoms with van der Waals surface area (Å²) in [5.41, 5.74) is 1.25. The molecule has 0 unspecified atom stereocenters. The van der Waals surface area contributed by atoms with E-state index in [1.165, 1.54) is 18.3 Å². The molecule has 2 aliphatic rings. The van der Waals surface area contributed by atoms with Gasteiger partial charge >= 0.3 is 6.18 Å². The highest BCUT2D eigenvalue weighted by molar-refractivity contribution is 6.33. The number of nitrogens with zero attached hydrogens (tertiary/aromatic N) is 4. The molecule has 5 rings (SSSR count). The van der Waals surface area contributed by atoms with Crippen LogP contribution in [0.4, 0.5) is 19.0 Å². The molecule has 7 nitrogen and oxygen atoms in total. The van der Waals surface area contributed by atoms with Crippen LogP contribution in [0.3, 0.4) is 0 Å². The Bertz CT molecular complexity index is 1260. The van der Waals surface area contributed by atoms with E-state index in [0.29, 0.717) is 46.4 Å². The molecule has 2 N–H and O–H groups in total. The number of halogens is 4. The average Bonchev–Trinajstić information content (AvgIpc) is 3.44. The van der Waals surface area contributed by atoms with Crippen molar-refractivity contribution >= 4 is 23.3 Å². The lowest BCUT2D eigenvalue weighted by Crippen LogP contribution is -2.49. The standard InChI is InChI=1S/C26H26ClF3N6O/c27-20-14-31-11-7-19(20)24-23(16-3-5-17(6-4-16)26(28,29)30)33-15-22(35-24)36-12-8-18(9-13-36)34-25(37)21-2-1-10-32-21/h3-7,11,14-15,18,21,32H,1-2,8-10,12-13H2,(H,34,37)/t21-/m0/s1. The Kier molecular flexibility index (Phi) is 7.30. The molecule has 0 aliphatic carbocycles. The highest BCUT2D eigenvalue weighted by Crippen LogP contribution is 2.36. The van der Waals surface area contributed by atoms with Gasteiger partial charge in [0.25, 0.3) is 0 Å². The summed E-state index contributed by atoms with van der Waals surface area (Å²) in [6.45, 7) is 2.24. The largest absolute Gasteiger partial charge is 0.416 e. The van der Waals surface area contributed by atoms with E-state index in [-0.39, 0.29) is 18.0 Å². The zero-order valence-electron chi connectivity index (χ0n) is 19.9. The number of aromatic nitrogens is 3. The van der Waals surface area contributed by atoms with Crippen molar-refractivity contribution in [1.29, 1.82) is 0 Å². The van der Waals surface area contributed by atoms with Crippen LogP contribution in [0.25, 0.3) is 22.5 Å². The minimum atomic E-state index is -4.43. The number of hydrogen-bond donors (Lipinski definition) is 2. The van der Waals surface area contributed by atoms with Crippen LogP contribution < -0.4 is 15.5 Å². The number of anilines is 1. The molecular weight excluding hydrogens is 505 g/mol. The first-order valence-corrected chi connectivity index (χ1v) is 12.6. The Morgan fingerprint density at radius 3 is 2.46 bits per heavy atom. The molecule has 4 heterocycles. The second kappa shape index (κ2) is 10.6. The number of amides is 1.